The Balaban J connectivity index is 0.000000301. The highest BCUT2D eigenvalue weighted by Crippen LogP contribution is 2.42. The van der Waals surface area contributed by atoms with Crippen LogP contribution in [0.4, 0.5) is 26.3 Å². The molecule has 4 rings (SSSR count). The van der Waals surface area contributed by atoms with Crippen molar-refractivity contribution in [1.29, 1.82) is 0 Å². The van der Waals surface area contributed by atoms with Crippen LogP contribution in [0.25, 0.3) is 0 Å². The van der Waals surface area contributed by atoms with Crippen LogP contribution in [0, 0.1) is 17.3 Å². The molecule has 0 radical (unpaired) electrons. The number of likely N-dealkylation sites (tertiary alicyclic amines) is 1. The average Bonchev–Trinajstić information content (AvgIpc) is 3.36. The van der Waals surface area contributed by atoms with Gasteiger partial charge in [-0.05, 0) is 30.9 Å². The van der Waals surface area contributed by atoms with Crippen LogP contribution in [0.5, 0.6) is 0 Å². The molecule has 0 spiro atoms. The van der Waals surface area contributed by atoms with Crippen molar-refractivity contribution in [3.8, 4) is 0 Å². The van der Waals surface area contributed by atoms with Crippen LogP contribution in [0.2, 0.25) is 0 Å². The predicted octanol–water partition coefficient (Wildman–Crippen LogP) is 3.24. The van der Waals surface area contributed by atoms with Crippen molar-refractivity contribution in [2.24, 2.45) is 17.3 Å². The van der Waals surface area contributed by atoms with Crippen LogP contribution in [0.3, 0.4) is 0 Å². The van der Waals surface area contributed by atoms with E-state index in [0.29, 0.717) is 12.5 Å². The standard InChI is InChI=1S/C19H28N2O3.2C2HF3O2/c1-2-6-20-18(3-1)12-24-15-19-13-21(10-17(19)11-23-14-19)9-16-4-7-22-8-5-16;2*3-2(4,5)1(6)7/h1-3,6,16-17H,4-5,7-15H2;2*(H,6,7)/t17-,19+;;/m1../s1. The number of alkyl halides is 6. The molecule has 3 aliphatic heterocycles. The molecule has 9 nitrogen and oxygen atoms in total. The van der Waals surface area contributed by atoms with Gasteiger partial charge in [-0.2, -0.15) is 26.3 Å². The van der Waals surface area contributed by atoms with Crippen molar-refractivity contribution in [1.82, 2.24) is 9.88 Å². The fourth-order valence-electron chi connectivity index (χ4n) is 4.42. The van der Waals surface area contributed by atoms with Crippen LogP contribution in [-0.2, 0) is 30.4 Å². The van der Waals surface area contributed by atoms with Gasteiger partial charge in [-0.1, -0.05) is 6.07 Å². The van der Waals surface area contributed by atoms with E-state index in [0.717, 1.165) is 57.7 Å². The molecule has 0 amide bonds. The van der Waals surface area contributed by atoms with Gasteiger partial charge in [-0.15, -0.1) is 0 Å². The van der Waals surface area contributed by atoms with Crippen LogP contribution < -0.4 is 0 Å². The number of aliphatic carboxylic acids is 2. The van der Waals surface area contributed by atoms with Crippen molar-refractivity contribution in [2.75, 3.05) is 52.7 Å². The van der Waals surface area contributed by atoms with E-state index in [-0.39, 0.29) is 5.41 Å². The van der Waals surface area contributed by atoms with Gasteiger partial charge in [0.2, 0.25) is 0 Å². The molecular formula is C23H30F6N2O7. The topological polar surface area (TPSA) is 118 Å². The third-order valence-electron chi connectivity index (χ3n) is 6.30. The van der Waals surface area contributed by atoms with Crippen molar-refractivity contribution in [3.05, 3.63) is 30.1 Å². The van der Waals surface area contributed by atoms with Crippen LogP contribution >= 0.6 is 0 Å². The highest BCUT2D eigenvalue weighted by atomic mass is 19.4. The van der Waals surface area contributed by atoms with Crippen LogP contribution in [-0.4, -0.2) is 97.1 Å². The minimum atomic E-state index is -5.08. The number of carbonyl (C=O) groups is 2. The first-order chi connectivity index (χ1) is 17.7. The van der Waals surface area contributed by atoms with Gasteiger partial charge in [0.15, 0.2) is 0 Å². The SMILES string of the molecule is O=C(O)C(F)(F)F.O=C(O)C(F)(F)F.c1ccc(COC[C@]23COC[C@H]2CN(CC2CCOCC2)C3)nc1. The average molecular weight is 560 g/mol. The van der Waals surface area contributed by atoms with Crippen molar-refractivity contribution >= 4 is 11.9 Å². The Morgan fingerprint density at radius 1 is 1.05 bits per heavy atom. The summed E-state index contributed by atoms with van der Waals surface area (Å²) >= 11 is 0. The number of pyridine rings is 1. The lowest BCUT2D eigenvalue weighted by Crippen LogP contribution is -2.37. The zero-order valence-corrected chi connectivity index (χ0v) is 20.3. The van der Waals surface area contributed by atoms with Crippen molar-refractivity contribution < 1.29 is 60.4 Å². The van der Waals surface area contributed by atoms with E-state index in [2.05, 4.69) is 9.88 Å². The fraction of sp³-hybridized carbons (Fsp3) is 0.696. The number of aromatic nitrogens is 1. The van der Waals surface area contributed by atoms with Crippen LogP contribution in [0.15, 0.2) is 24.4 Å². The maximum Gasteiger partial charge on any atom is 0.490 e. The maximum absolute atomic E-state index is 10.6. The zero-order chi connectivity index (χ0) is 28.4. The first-order valence-corrected chi connectivity index (χ1v) is 11.7. The number of ether oxygens (including phenoxy) is 3. The lowest BCUT2D eigenvalue weighted by molar-refractivity contribution is -0.193. The molecule has 0 saturated carbocycles. The Morgan fingerprint density at radius 2 is 1.66 bits per heavy atom. The normalized spacial score (nSPS) is 24.0. The number of carboxylic acid groups (broad SMARTS) is 2. The second kappa shape index (κ2) is 14.1. The molecule has 15 heteroatoms. The summed E-state index contributed by atoms with van der Waals surface area (Å²) in [7, 11) is 0. The van der Waals surface area contributed by atoms with Gasteiger partial charge in [0.05, 0.1) is 32.1 Å². The molecular weight excluding hydrogens is 530 g/mol. The number of nitrogens with zero attached hydrogens (tertiary/aromatic N) is 2. The fourth-order valence-corrected chi connectivity index (χ4v) is 4.42. The third kappa shape index (κ3) is 10.3. The van der Waals surface area contributed by atoms with Crippen molar-refractivity contribution in [2.45, 2.75) is 31.8 Å². The number of halogens is 6. The molecule has 1 aromatic rings. The number of fused-ring (bicyclic) bond motifs is 1. The van der Waals surface area contributed by atoms with E-state index in [4.69, 9.17) is 34.0 Å². The molecule has 0 aliphatic carbocycles. The van der Waals surface area contributed by atoms with Gasteiger partial charge in [0.25, 0.3) is 0 Å². The van der Waals surface area contributed by atoms with E-state index >= 15 is 0 Å². The van der Waals surface area contributed by atoms with Gasteiger partial charge < -0.3 is 29.3 Å². The summed E-state index contributed by atoms with van der Waals surface area (Å²) in [6, 6.07) is 5.97. The van der Waals surface area contributed by atoms with Gasteiger partial charge in [-0.25, -0.2) is 9.59 Å². The molecule has 3 fully saturated rings. The number of hydrogen-bond acceptors (Lipinski definition) is 7. The predicted molar refractivity (Wildman–Crippen MR) is 118 cm³/mol. The van der Waals surface area contributed by atoms with E-state index in [1.165, 1.54) is 19.4 Å². The third-order valence-corrected chi connectivity index (χ3v) is 6.30. The molecule has 1 aromatic heterocycles. The molecule has 3 aliphatic rings. The highest BCUT2D eigenvalue weighted by molar-refractivity contribution is 5.73. The lowest BCUT2D eigenvalue weighted by atomic mass is 9.82. The van der Waals surface area contributed by atoms with E-state index in [1.54, 1.807) is 0 Å². The minimum Gasteiger partial charge on any atom is -0.475 e. The summed E-state index contributed by atoms with van der Waals surface area (Å²) in [4.78, 5) is 24.8. The lowest BCUT2D eigenvalue weighted by Gasteiger charge is -2.29. The van der Waals surface area contributed by atoms with Crippen LogP contribution in [0.1, 0.15) is 18.5 Å². The molecule has 4 heterocycles. The molecule has 2 N–H and O–H groups in total. The van der Waals surface area contributed by atoms with Gasteiger partial charge in [-0.3, -0.25) is 4.98 Å². The first kappa shape index (κ1) is 31.7. The number of carboxylic acids is 2. The maximum atomic E-state index is 10.6. The second-order valence-corrected chi connectivity index (χ2v) is 9.24. The Bertz CT molecular complexity index is 857. The molecule has 38 heavy (non-hydrogen) atoms. The first-order valence-electron chi connectivity index (χ1n) is 11.7. The summed E-state index contributed by atoms with van der Waals surface area (Å²) in [5, 5.41) is 14.2. The van der Waals surface area contributed by atoms with Crippen molar-refractivity contribution in [3.63, 3.8) is 0 Å². The van der Waals surface area contributed by atoms with Gasteiger partial charge in [0.1, 0.15) is 0 Å². The van der Waals surface area contributed by atoms with Gasteiger partial charge >= 0.3 is 24.3 Å². The summed E-state index contributed by atoms with van der Waals surface area (Å²) in [5.74, 6) is -4.11. The second-order valence-electron chi connectivity index (χ2n) is 9.24. The Morgan fingerprint density at radius 3 is 2.18 bits per heavy atom. The molecule has 216 valence electrons. The van der Waals surface area contributed by atoms with Gasteiger partial charge in [0, 0.05) is 50.4 Å². The Labute approximate surface area is 214 Å². The van der Waals surface area contributed by atoms with E-state index < -0.39 is 24.3 Å². The molecule has 0 unspecified atom stereocenters. The van der Waals surface area contributed by atoms with E-state index in [9.17, 15) is 26.3 Å². The number of hydrogen-bond donors (Lipinski definition) is 2. The highest BCUT2D eigenvalue weighted by Gasteiger charge is 2.51. The summed E-state index contributed by atoms with van der Waals surface area (Å²) < 4.78 is 80.8. The largest absolute Gasteiger partial charge is 0.490 e. The minimum absolute atomic E-state index is 0.181. The summed E-state index contributed by atoms with van der Waals surface area (Å²) in [6.07, 6.45) is -5.93. The summed E-state index contributed by atoms with van der Waals surface area (Å²) in [6.45, 7) is 8.44. The molecule has 3 saturated heterocycles. The molecule has 2 atom stereocenters. The Hall–Kier alpha value is -2.49. The number of rotatable bonds is 6. The zero-order valence-electron chi connectivity index (χ0n) is 20.3. The Kier molecular flexibility index (Phi) is 11.7. The summed E-state index contributed by atoms with van der Waals surface area (Å²) in [5.41, 5.74) is 1.18. The molecule has 0 aromatic carbocycles. The van der Waals surface area contributed by atoms with E-state index in [1.807, 2.05) is 24.4 Å². The smallest absolute Gasteiger partial charge is 0.475 e. The quantitative estimate of drug-likeness (QED) is 0.506. The molecule has 0 bridgehead atoms. The monoisotopic (exact) mass is 560 g/mol.